The monoisotopic (exact) mass is 293 g/mol. The Morgan fingerprint density at radius 3 is 2.67 bits per heavy atom. The van der Waals surface area contributed by atoms with Crippen LogP contribution in [-0.4, -0.2) is 24.6 Å². The zero-order chi connectivity index (χ0) is 15.8. The summed E-state index contributed by atoms with van der Waals surface area (Å²) in [4.78, 5) is 22.2. The highest BCUT2D eigenvalue weighted by Crippen LogP contribution is 2.20. The van der Waals surface area contributed by atoms with Crippen LogP contribution in [-0.2, 0) is 4.79 Å². The molecule has 6 nitrogen and oxygen atoms in total. The number of nitrogens with one attached hydrogen (secondary N) is 2. The maximum Gasteiger partial charge on any atom is 0.318 e. The highest BCUT2D eigenvalue weighted by atomic mass is 16.5. The molecule has 6 heteroatoms. The molecule has 0 heterocycles. The minimum Gasteiger partial charge on any atom is -0.481 e. The van der Waals surface area contributed by atoms with E-state index in [1.807, 2.05) is 23.5 Å². The lowest BCUT2D eigenvalue weighted by molar-refractivity contribution is -0.126. The first-order chi connectivity index (χ1) is 9.93. The zero-order valence-electron chi connectivity index (χ0n) is 12.7. The lowest BCUT2D eigenvalue weighted by atomic mass is 10.1. The molecule has 0 fully saturated rings. The molecule has 1 aromatic rings. The molecule has 0 aliphatic carbocycles. The van der Waals surface area contributed by atoms with Crippen molar-refractivity contribution in [3.8, 4) is 5.75 Å². The number of hydrogen-bond acceptors (Lipinski definition) is 4. The van der Waals surface area contributed by atoms with E-state index < -0.39 is 18.0 Å². The van der Waals surface area contributed by atoms with E-state index >= 15 is 0 Å². The van der Waals surface area contributed by atoms with E-state index in [9.17, 15) is 9.59 Å². The van der Waals surface area contributed by atoms with E-state index in [1.165, 1.54) is 0 Å². The number of carbonyl (C=O) groups is 2. The van der Waals surface area contributed by atoms with Crippen molar-refractivity contribution in [2.75, 3.05) is 6.54 Å². The number of imide groups is 1. The van der Waals surface area contributed by atoms with Crippen molar-refractivity contribution in [1.29, 1.82) is 0 Å². The predicted molar refractivity (Wildman–Crippen MR) is 81.0 cm³/mol. The summed E-state index contributed by atoms with van der Waals surface area (Å²) in [6.07, 6.45) is 0.261. The van der Waals surface area contributed by atoms with Crippen molar-refractivity contribution in [3.63, 3.8) is 0 Å². The van der Waals surface area contributed by atoms with Gasteiger partial charge in [-0.05, 0) is 44.5 Å². The molecular formula is C15H23N3O3. The summed E-state index contributed by atoms with van der Waals surface area (Å²) >= 11 is 0. The van der Waals surface area contributed by atoms with Gasteiger partial charge in [-0.2, -0.15) is 0 Å². The highest BCUT2D eigenvalue weighted by Gasteiger charge is 2.16. The second-order valence-electron chi connectivity index (χ2n) is 4.86. The number of hydrogen-bond donors (Lipinski definition) is 3. The quantitative estimate of drug-likeness (QED) is 0.713. The smallest absolute Gasteiger partial charge is 0.318 e. The van der Waals surface area contributed by atoms with Gasteiger partial charge in [0.2, 0.25) is 0 Å². The van der Waals surface area contributed by atoms with Crippen LogP contribution in [0.4, 0.5) is 4.79 Å². The number of rotatable bonds is 7. The van der Waals surface area contributed by atoms with Gasteiger partial charge in [-0.3, -0.25) is 10.1 Å². The van der Waals surface area contributed by atoms with Crippen LogP contribution < -0.4 is 21.1 Å². The minimum atomic E-state index is -0.887. The van der Waals surface area contributed by atoms with Gasteiger partial charge in [0.1, 0.15) is 5.75 Å². The number of amides is 3. The lowest BCUT2D eigenvalue weighted by Gasteiger charge is -2.17. The van der Waals surface area contributed by atoms with Gasteiger partial charge in [-0.15, -0.1) is 0 Å². The first-order valence-corrected chi connectivity index (χ1v) is 7.04. The molecule has 0 aliphatic heterocycles. The van der Waals surface area contributed by atoms with E-state index in [4.69, 9.17) is 10.5 Å². The molecule has 116 valence electrons. The standard InChI is InChI=1S/C15H23N3O3/c1-4-8-17-10(2)12-6-5-7-13(9-12)21-11(3)14(19)18-15(16)20/h5-7,9-11,17H,4,8H2,1-3H3,(H3,16,18,19,20). The van der Waals surface area contributed by atoms with Gasteiger partial charge >= 0.3 is 6.03 Å². The molecule has 0 saturated heterocycles. The van der Waals surface area contributed by atoms with E-state index in [0.29, 0.717) is 5.75 Å². The first kappa shape index (κ1) is 17.0. The summed E-state index contributed by atoms with van der Waals surface area (Å²) in [5.41, 5.74) is 5.97. The molecule has 0 spiro atoms. The molecule has 4 N–H and O–H groups in total. The van der Waals surface area contributed by atoms with Crippen LogP contribution in [0.5, 0.6) is 5.75 Å². The molecule has 0 bridgehead atoms. The lowest BCUT2D eigenvalue weighted by Crippen LogP contribution is -2.42. The first-order valence-electron chi connectivity index (χ1n) is 7.04. The predicted octanol–water partition coefficient (Wildman–Crippen LogP) is 1.71. The topological polar surface area (TPSA) is 93.4 Å². The van der Waals surface area contributed by atoms with E-state index in [-0.39, 0.29) is 6.04 Å². The fourth-order valence-electron chi connectivity index (χ4n) is 1.82. The van der Waals surface area contributed by atoms with Crippen LogP contribution >= 0.6 is 0 Å². The number of carbonyl (C=O) groups excluding carboxylic acids is 2. The van der Waals surface area contributed by atoms with Gasteiger partial charge in [0.05, 0.1) is 0 Å². The van der Waals surface area contributed by atoms with E-state index in [2.05, 4.69) is 19.2 Å². The molecule has 21 heavy (non-hydrogen) atoms. The summed E-state index contributed by atoms with van der Waals surface area (Å²) < 4.78 is 5.52. The summed E-state index contributed by atoms with van der Waals surface area (Å²) in [7, 11) is 0. The molecule has 1 aromatic carbocycles. The Bertz CT molecular complexity index is 491. The Hall–Kier alpha value is -2.08. The SMILES string of the molecule is CCCNC(C)c1cccc(OC(C)C(=O)NC(N)=O)c1. The number of primary amides is 1. The number of ether oxygens (including phenoxy) is 1. The molecule has 0 radical (unpaired) electrons. The second-order valence-corrected chi connectivity index (χ2v) is 4.86. The molecule has 1 rings (SSSR count). The van der Waals surface area contributed by atoms with Crippen molar-refractivity contribution >= 4 is 11.9 Å². The van der Waals surface area contributed by atoms with Crippen molar-refractivity contribution < 1.29 is 14.3 Å². The molecule has 0 aromatic heterocycles. The molecule has 3 amide bonds. The fraction of sp³-hybridized carbons (Fsp3) is 0.467. The van der Waals surface area contributed by atoms with Gasteiger partial charge in [0, 0.05) is 6.04 Å². The molecule has 2 atom stereocenters. The van der Waals surface area contributed by atoms with Gasteiger partial charge < -0.3 is 15.8 Å². The van der Waals surface area contributed by atoms with Crippen LogP contribution in [0.1, 0.15) is 38.8 Å². The Kier molecular flexibility index (Phi) is 6.68. The van der Waals surface area contributed by atoms with Crippen molar-refractivity contribution in [3.05, 3.63) is 29.8 Å². The van der Waals surface area contributed by atoms with Crippen LogP contribution in [0.15, 0.2) is 24.3 Å². The average Bonchev–Trinajstić information content (AvgIpc) is 2.44. The maximum absolute atomic E-state index is 11.6. The fourth-order valence-corrected chi connectivity index (χ4v) is 1.82. The summed E-state index contributed by atoms with van der Waals surface area (Å²) in [6, 6.07) is 6.82. The third kappa shape index (κ3) is 5.83. The molecular weight excluding hydrogens is 270 g/mol. The molecule has 0 aliphatic rings. The van der Waals surface area contributed by atoms with Gasteiger partial charge in [0.25, 0.3) is 5.91 Å². The number of benzene rings is 1. The largest absolute Gasteiger partial charge is 0.481 e. The second kappa shape index (κ2) is 8.26. The third-order valence-corrected chi connectivity index (χ3v) is 2.99. The van der Waals surface area contributed by atoms with Crippen LogP contribution in [0, 0.1) is 0 Å². The summed E-state index contributed by atoms with van der Waals surface area (Å²) in [6.45, 7) is 6.67. The van der Waals surface area contributed by atoms with E-state index in [1.54, 1.807) is 13.0 Å². The van der Waals surface area contributed by atoms with Crippen LogP contribution in [0.25, 0.3) is 0 Å². The van der Waals surface area contributed by atoms with Crippen LogP contribution in [0.3, 0.4) is 0 Å². The zero-order valence-corrected chi connectivity index (χ0v) is 12.7. The normalized spacial score (nSPS) is 13.3. The number of urea groups is 1. The summed E-state index contributed by atoms with van der Waals surface area (Å²) in [5.74, 6) is 0.00910. The van der Waals surface area contributed by atoms with Gasteiger partial charge in [-0.25, -0.2) is 4.79 Å². The Labute approximate surface area is 125 Å². The van der Waals surface area contributed by atoms with Crippen molar-refractivity contribution in [2.24, 2.45) is 5.73 Å². The third-order valence-electron chi connectivity index (χ3n) is 2.99. The Morgan fingerprint density at radius 1 is 1.33 bits per heavy atom. The molecule has 0 saturated carbocycles. The van der Waals surface area contributed by atoms with Gasteiger partial charge in [-0.1, -0.05) is 19.1 Å². The van der Waals surface area contributed by atoms with Crippen LogP contribution in [0.2, 0.25) is 0 Å². The summed E-state index contributed by atoms with van der Waals surface area (Å²) in [5, 5.41) is 5.37. The number of nitrogens with two attached hydrogens (primary N) is 1. The highest BCUT2D eigenvalue weighted by molar-refractivity contribution is 5.95. The molecule has 2 unspecified atom stereocenters. The maximum atomic E-state index is 11.6. The van der Waals surface area contributed by atoms with Crippen molar-refractivity contribution in [2.45, 2.75) is 39.3 Å². The Morgan fingerprint density at radius 2 is 2.05 bits per heavy atom. The average molecular weight is 293 g/mol. The van der Waals surface area contributed by atoms with Crippen molar-refractivity contribution in [1.82, 2.24) is 10.6 Å². The minimum absolute atomic E-state index is 0.197. The van der Waals surface area contributed by atoms with E-state index in [0.717, 1.165) is 18.5 Å². The van der Waals surface area contributed by atoms with Gasteiger partial charge in [0.15, 0.2) is 6.10 Å². The Balaban J connectivity index is 2.67.